The van der Waals surface area contributed by atoms with Gasteiger partial charge in [-0.25, -0.2) is 4.98 Å². The van der Waals surface area contributed by atoms with Gasteiger partial charge >= 0.3 is 0 Å². The van der Waals surface area contributed by atoms with Gasteiger partial charge in [0.1, 0.15) is 11.5 Å². The second-order valence-electron chi connectivity index (χ2n) is 4.72. The number of carbonyl (C=O) groups is 2. The van der Waals surface area contributed by atoms with Crippen LogP contribution in [-0.2, 0) is 17.9 Å². The average Bonchev–Trinajstić information content (AvgIpc) is 2.92. The number of imidazole rings is 1. The Kier molecular flexibility index (Phi) is 3.62. The zero-order valence-corrected chi connectivity index (χ0v) is 11.9. The lowest BCUT2D eigenvalue weighted by Gasteiger charge is -2.24. The normalized spacial score (nSPS) is 13.7. The molecule has 2 amide bonds. The van der Waals surface area contributed by atoms with Crippen LogP contribution in [-0.4, -0.2) is 33.3 Å². The molecule has 7 heteroatoms. The third-order valence-corrected chi connectivity index (χ3v) is 3.73. The highest BCUT2D eigenvalue weighted by molar-refractivity contribution is 6.33. The van der Waals surface area contributed by atoms with Gasteiger partial charge in [0.15, 0.2) is 0 Å². The summed E-state index contributed by atoms with van der Waals surface area (Å²) in [5, 5.41) is 3.26. The van der Waals surface area contributed by atoms with Crippen molar-refractivity contribution in [1.29, 1.82) is 0 Å². The van der Waals surface area contributed by atoms with Gasteiger partial charge in [-0.2, -0.15) is 0 Å². The largest absolute Gasteiger partial charge is 0.336 e. The number of carbonyl (C=O) groups excluding carboxylic acids is 2. The summed E-state index contributed by atoms with van der Waals surface area (Å²) in [5.41, 5.74) is 1.03. The molecule has 1 N–H and O–H groups in total. The van der Waals surface area contributed by atoms with Crippen LogP contribution >= 0.6 is 11.6 Å². The van der Waals surface area contributed by atoms with Crippen molar-refractivity contribution in [2.75, 3.05) is 11.9 Å². The number of anilines is 1. The summed E-state index contributed by atoms with van der Waals surface area (Å²) in [7, 11) is 0. The van der Waals surface area contributed by atoms with E-state index in [2.05, 4.69) is 10.3 Å². The van der Waals surface area contributed by atoms with Gasteiger partial charge in [-0.1, -0.05) is 23.7 Å². The Labute approximate surface area is 126 Å². The van der Waals surface area contributed by atoms with Crippen LogP contribution in [0.25, 0.3) is 0 Å². The number of hydrogen-bond donors (Lipinski definition) is 1. The van der Waals surface area contributed by atoms with Gasteiger partial charge in [0.2, 0.25) is 6.41 Å². The summed E-state index contributed by atoms with van der Waals surface area (Å²) < 4.78 is 1.83. The lowest BCUT2D eigenvalue weighted by Crippen LogP contribution is -2.34. The van der Waals surface area contributed by atoms with Gasteiger partial charge in [0.25, 0.3) is 5.91 Å². The lowest BCUT2D eigenvalue weighted by molar-refractivity contribution is -0.119. The minimum Gasteiger partial charge on any atom is -0.336 e. The predicted molar refractivity (Wildman–Crippen MR) is 78.1 cm³/mol. The maximum Gasteiger partial charge on any atom is 0.273 e. The van der Waals surface area contributed by atoms with Gasteiger partial charge < -0.3 is 14.8 Å². The highest BCUT2D eigenvalue weighted by Gasteiger charge is 2.22. The SMILES string of the molecule is O=CN1CCn2c(C(=O)Nc3ccccc3Cl)cnc2C1. The predicted octanol–water partition coefficient (Wildman–Crippen LogP) is 1.76. The van der Waals surface area contributed by atoms with Crippen molar-refractivity contribution in [2.24, 2.45) is 0 Å². The van der Waals surface area contributed by atoms with Crippen LogP contribution < -0.4 is 5.32 Å². The van der Waals surface area contributed by atoms with E-state index in [1.807, 2.05) is 4.57 Å². The highest BCUT2D eigenvalue weighted by atomic mass is 35.5. The number of rotatable bonds is 3. The topological polar surface area (TPSA) is 67.2 Å². The molecule has 0 radical (unpaired) electrons. The monoisotopic (exact) mass is 304 g/mol. The Bertz CT molecular complexity index is 698. The molecular weight excluding hydrogens is 292 g/mol. The molecule has 0 saturated carbocycles. The molecule has 0 saturated heterocycles. The lowest BCUT2D eigenvalue weighted by atomic mass is 10.3. The fourth-order valence-corrected chi connectivity index (χ4v) is 2.48. The minimum atomic E-state index is -0.263. The van der Waals surface area contributed by atoms with E-state index in [-0.39, 0.29) is 5.91 Å². The van der Waals surface area contributed by atoms with Crippen molar-refractivity contribution in [1.82, 2.24) is 14.5 Å². The van der Waals surface area contributed by atoms with Crippen molar-refractivity contribution in [2.45, 2.75) is 13.1 Å². The van der Waals surface area contributed by atoms with E-state index in [9.17, 15) is 9.59 Å². The quantitative estimate of drug-likeness (QED) is 0.879. The molecule has 1 aromatic heterocycles. The highest BCUT2D eigenvalue weighted by Crippen LogP contribution is 2.22. The van der Waals surface area contributed by atoms with Crippen molar-refractivity contribution in [3.05, 3.63) is 47.0 Å². The third kappa shape index (κ3) is 2.62. The summed E-state index contributed by atoms with van der Waals surface area (Å²) in [4.78, 5) is 29.0. The zero-order chi connectivity index (χ0) is 14.8. The van der Waals surface area contributed by atoms with Gasteiger partial charge in [-0.3, -0.25) is 9.59 Å². The average molecular weight is 305 g/mol. The van der Waals surface area contributed by atoms with Gasteiger partial charge in [-0.05, 0) is 12.1 Å². The fraction of sp³-hybridized carbons (Fsp3) is 0.214. The summed E-state index contributed by atoms with van der Waals surface area (Å²) >= 11 is 6.03. The van der Waals surface area contributed by atoms with E-state index >= 15 is 0 Å². The van der Waals surface area contributed by atoms with Crippen molar-refractivity contribution in [3.8, 4) is 0 Å². The number of nitrogens with one attached hydrogen (secondary N) is 1. The fourth-order valence-electron chi connectivity index (χ4n) is 2.30. The van der Waals surface area contributed by atoms with Gasteiger partial charge in [0.05, 0.1) is 23.5 Å². The first-order valence-corrected chi connectivity index (χ1v) is 6.86. The molecule has 0 fully saturated rings. The van der Waals surface area contributed by atoms with Crippen LogP contribution in [0.1, 0.15) is 16.3 Å². The maximum absolute atomic E-state index is 12.3. The van der Waals surface area contributed by atoms with E-state index in [1.165, 1.54) is 6.20 Å². The Hall–Kier alpha value is -2.34. The first-order valence-electron chi connectivity index (χ1n) is 6.48. The number of fused-ring (bicyclic) bond motifs is 1. The molecule has 21 heavy (non-hydrogen) atoms. The Morgan fingerprint density at radius 2 is 2.14 bits per heavy atom. The van der Waals surface area contributed by atoms with Crippen LogP contribution in [0.3, 0.4) is 0 Å². The van der Waals surface area contributed by atoms with E-state index in [0.717, 1.165) is 6.41 Å². The Morgan fingerprint density at radius 1 is 1.33 bits per heavy atom. The number of para-hydroxylation sites is 1. The molecular formula is C14H13ClN4O2. The second kappa shape index (κ2) is 5.57. The summed E-state index contributed by atoms with van der Waals surface area (Å²) in [6.07, 6.45) is 2.32. The van der Waals surface area contributed by atoms with Crippen LogP contribution in [0.2, 0.25) is 5.02 Å². The Morgan fingerprint density at radius 3 is 2.90 bits per heavy atom. The smallest absolute Gasteiger partial charge is 0.273 e. The number of halogens is 1. The number of aromatic nitrogens is 2. The maximum atomic E-state index is 12.3. The van der Waals surface area contributed by atoms with Crippen molar-refractivity contribution >= 4 is 29.6 Å². The van der Waals surface area contributed by atoms with Crippen LogP contribution in [0, 0.1) is 0 Å². The molecule has 0 aliphatic carbocycles. The molecule has 1 aliphatic heterocycles. The second-order valence-corrected chi connectivity index (χ2v) is 5.13. The van der Waals surface area contributed by atoms with Gasteiger partial charge in [0, 0.05) is 13.1 Å². The minimum absolute atomic E-state index is 0.263. The Balaban J connectivity index is 1.82. The van der Waals surface area contributed by atoms with Crippen molar-refractivity contribution < 1.29 is 9.59 Å². The van der Waals surface area contributed by atoms with Crippen molar-refractivity contribution in [3.63, 3.8) is 0 Å². The van der Waals surface area contributed by atoms with E-state index in [4.69, 9.17) is 11.6 Å². The molecule has 2 aromatic rings. The van der Waals surface area contributed by atoms with E-state index < -0.39 is 0 Å². The molecule has 1 aromatic carbocycles. The van der Waals surface area contributed by atoms with E-state index in [1.54, 1.807) is 29.2 Å². The number of hydrogen-bond acceptors (Lipinski definition) is 3. The standard InChI is InChI=1S/C14H13ClN4O2/c15-10-3-1-2-4-11(10)17-14(21)12-7-16-13-8-18(9-20)5-6-19(12)13/h1-4,7,9H,5-6,8H2,(H,17,21). The first kappa shape index (κ1) is 13.6. The molecule has 6 nitrogen and oxygen atoms in total. The van der Waals surface area contributed by atoms with Crippen LogP contribution in [0.5, 0.6) is 0 Å². The molecule has 0 atom stereocenters. The van der Waals surface area contributed by atoms with Crippen LogP contribution in [0.4, 0.5) is 5.69 Å². The molecule has 3 rings (SSSR count). The molecule has 2 heterocycles. The number of amides is 2. The van der Waals surface area contributed by atoms with Crippen LogP contribution in [0.15, 0.2) is 30.5 Å². The number of benzene rings is 1. The summed E-state index contributed by atoms with van der Waals surface area (Å²) in [6, 6.07) is 7.05. The van der Waals surface area contributed by atoms with Gasteiger partial charge in [-0.15, -0.1) is 0 Å². The summed E-state index contributed by atoms with van der Waals surface area (Å²) in [6.45, 7) is 1.54. The third-order valence-electron chi connectivity index (χ3n) is 3.40. The molecule has 0 unspecified atom stereocenters. The molecule has 0 spiro atoms. The molecule has 1 aliphatic rings. The number of nitrogens with zero attached hydrogens (tertiary/aromatic N) is 3. The molecule has 108 valence electrons. The molecule has 0 bridgehead atoms. The zero-order valence-electron chi connectivity index (χ0n) is 11.1. The van der Waals surface area contributed by atoms with E-state index in [0.29, 0.717) is 41.9 Å². The first-order chi connectivity index (χ1) is 10.2. The summed E-state index contributed by atoms with van der Waals surface area (Å²) in [5.74, 6) is 0.444.